The van der Waals surface area contributed by atoms with Gasteiger partial charge in [0.1, 0.15) is 0 Å². The third kappa shape index (κ3) is 6.04. The molecule has 2 fully saturated rings. The quantitative estimate of drug-likeness (QED) is 0.153. The third-order valence-electron chi connectivity index (χ3n) is 18.8. The summed E-state index contributed by atoms with van der Waals surface area (Å²) in [5, 5.41) is 5.16. The van der Waals surface area contributed by atoms with Gasteiger partial charge in [-0.1, -0.05) is 161 Å². The summed E-state index contributed by atoms with van der Waals surface area (Å²) in [5.41, 5.74) is 21.4. The minimum absolute atomic E-state index is 0.00147. The molecule has 2 nitrogen and oxygen atoms in total. The summed E-state index contributed by atoms with van der Waals surface area (Å²) in [7, 11) is 0. The molecule has 0 aromatic heterocycles. The van der Waals surface area contributed by atoms with Crippen molar-refractivity contribution >= 4 is 44.3 Å². The van der Waals surface area contributed by atoms with Crippen LogP contribution in [0.5, 0.6) is 0 Å². The minimum atomic E-state index is 0.00147. The van der Waals surface area contributed by atoms with Crippen LogP contribution in [0.15, 0.2) is 182 Å². The van der Waals surface area contributed by atoms with E-state index in [-0.39, 0.29) is 21.9 Å². The molecule has 0 radical (unpaired) electrons. The Balaban J connectivity index is 1.03. The van der Waals surface area contributed by atoms with Gasteiger partial charge in [0.05, 0.1) is 11.1 Å². The molecule has 0 saturated heterocycles. The van der Waals surface area contributed by atoms with Gasteiger partial charge >= 0.3 is 0 Å². The fourth-order valence-corrected chi connectivity index (χ4v) is 14.7. The van der Waals surface area contributed by atoms with Gasteiger partial charge in [-0.15, -0.1) is 0 Å². The first-order valence-corrected chi connectivity index (χ1v) is 26.2. The highest BCUT2D eigenvalue weighted by molar-refractivity contribution is 6.22. The summed E-state index contributed by atoms with van der Waals surface area (Å²) in [6, 6.07) is 69.7. The van der Waals surface area contributed by atoms with Crippen molar-refractivity contribution in [3.8, 4) is 44.5 Å². The van der Waals surface area contributed by atoms with Gasteiger partial charge in [-0.2, -0.15) is 0 Å². The van der Waals surface area contributed by atoms with Crippen LogP contribution in [0, 0.1) is 13.8 Å². The maximum Gasteiger partial charge on any atom is 0.0517 e. The summed E-state index contributed by atoms with van der Waals surface area (Å²) in [4.78, 5) is 5.41. The highest BCUT2D eigenvalue weighted by Gasteiger charge is 2.59. The number of para-hydroxylation sites is 2. The van der Waals surface area contributed by atoms with Crippen LogP contribution in [0.4, 0.5) is 22.7 Å². The lowest BCUT2D eigenvalue weighted by Crippen LogP contribution is -2.54. The number of benzene rings is 9. The van der Waals surface area contributed by atoms with Crippen LogP contribution in [0.1, 0.15) is 101 Å². The zero-order valence-electron chi connectivity index (χ0n) is 41.9. The molecule has 4 unspecified atom stereocenters. The van der Waals surface area contributed by atoms with Gasteiger partial charge in [0.2, 0.25) is 0 Å². The van der Waals surface area contributed by atoms with Crippen molar-refractivity contribution in [2.75, 3.05) is 9.80 Å². The summed E-state index contributed by atoms with van der Waals surface area (Å²) in [6.45, 7) is 14.9. The smallest absolute Gasteiger partial charge is 0.0517 e. The van der Waals surface area contributed by atoms with Crippen molar-refractivity contribution in [2.24, 2.45) is 0 Å². The lowest BCUT2D eigenvalue weighted by molar-refractivity contribution is 0.195. The van der Waals surface area contributed by atoms with Crippen molar-refractivity contribution in [1.82, 2.24) is 0 Å². The van der Waals surface area contributed by atoms with Gasteiger partial charge in [0.25, 0.3) is 0 Å². The zero-order valence-corrected chi connectivity index (χ0v) is 41.9. The Labute approximate surface area is 415 Å². The average molecular weight is 909 g/mol. The first kappa shape index (κ1) is 43.1. The molecule has 0 spiro atoms. The van der Waals surface area contributed by atoms with E-state index >= 15 is 0 Å². The van der Waals surface area contributed by atoms with Crippen LogP contribution >= 0.6 is 0 Å². The molecule has 13 rings (SSSR count). The fourth-order valence-electron chi connectivity index (χ4n) is 14.7. The maximum absolute atomic E-state index is 2.70. The molecule has 4 atom stereocenters. The van der Waals surface area contributed by atoms with Crippen LogP contribution in [0.2, 0.25) is 0 Å². The van der Waals surface area contributed by atoms with Gasteiger partial charge < -0.3 is 9.80 Å². The molecule has 70 heavy (non-hydrogen) atoms. The summed E-state index contributed by atoms with van der Waals surface area (Å²) >= 11 is 0. The molecule has 9 aromatic carbocycles. The Kier molecular flexibility index (Phi) is 9.74. The standard InChI is InChI=1S/C68H64N2/c1-45-39-61-59(65(3)35-19-21-37-67(65,5)69(61)51-27-15-9-16-28-51)43-55(45)49-31-33-53-57(41-49)63(47-23-11-7-12-24-47)54-34-32-50(42-58(54)64(53)48-25-13-8-14-26-48)56-44-60-62(40-46(56)2)70(52-29-17-10-18-30-52)68(6)38-22-20-36-66(60,68)4/h7-18,23-34,39-44H,19-22,35-38H2,1-6H3. The molecule has 9 aromatic rings. The van der Waals surface area contributed by atoms with Gasteiger partial charge in [-0.25, -0.2) is 0 Å². The molecule has 2 heteroatoms. The van der Waals surface area contributed by atoms with Crippen LogP contribution in [-0.4, -0.2) is 11.1 Å². The second-order valence-corrected chi connectivity index (χ2v) is 22.3. The van der Waals surface area contributed by atoms with Gasteiger partial charge in [0, 0.05) is 33.6 Å². The van der Waals surface area contributed by atoms with E-state index in [9.17, 15) is 0 Å². The molecule has 2 aliphatic heterocycles. The molecule has 2 heterocycles. The second kappa shape index (κ2) is 15.8. The van der Waals surface area contributed by atoms with Crippen molar-refractivity contribution in [2.45, 2.75) is 115 Å². The number of hydrogen-bond acceptors (Lipinski definition) is 2. The molecule has 0 amide bonds. The first-order valence-electron chi connectivity index (χ1n) is 26.2. The summed E-state index contributed by atoms with van der Waals surface area (Å²) in [6.07, 6.45) is 9.83. The number of anilines is 4. The highest BCUT2D eigenvalue weighted by atomic mass is 15.3. The summed E-state index contributed by atoms with van der Waals surface area (Å²) in [5.74, 6) is 0. The van der Waals surface area contributed by atoms with E-state index in [2.05, 4.69) is 233 Å². The van der Waals surface area contributed by atoms with Crippen molar-refractivity contribution in [1.29, 1.82) is 0 Å². The minimum Gasteiger partial charge on any atom is -0.334 e. The maximum atomic E-state index is 2.70. The van der Waals surface area contributed by atoms with E-state index in [0.717, 1.165) is 0 Å². The Morgan fingerprint density at radius 2 is 0.700 bits per heavy atom. The molecule has 0 bridgehead atoms. The van der Waals surface area contributed by atoms with Gasteiger partial charge in [-0.05, 0) is 202 Å². The molecule has 346 valence electrons. The number of fused-ring (bicyclic) bond motifs is 8. The average Bonchev–Trinajstić information content (AvgIpc) is 3.71. The molecular weight excluding hydrogens is 845 g/mol. The number of hydrogen-bond donors (Lipinski definition) is 0. The summed E-state index contributed by atoms with van der Waals surface area (Å²) < 4.78 is 0. The van der Waals surface area contributed by atoms with Crippen LogP contribution in [-0.2, 0) is 10.8 Å². The van der Waals surface area contributed by atoms with E-state index in [1.54, 1.807) is 0 Å². The zero-order chi connectivity index (χ0) is 47.6. The highest BCUT2D eigenvalue weighted by Crippen LogP contribution is 2.63. The van der Waals surface area contributed by atoms with E-state index in [1.165, 1.54) is 162 Å². The molecule has 0 N–H and O–H groups in total. The second-order valence-electron chi connectivity index (χ2n) is 22.3. The lowest BCUT2D eigenvalue weighted by atomic mass is 9.61. The van der Waals surface area contributed by atoms with Gasteiger partial charge in [0.15, 0.2) is 0 Å². The molecule has 2 saturated carbocycles. The number of nitrogens with zero attached hydrogens (tertiary/aromatic N) is 2. The number of rotatable bonds is 6. The predicted octanol–water partition coefficient (Wildman–Crippen LogP) is 18.8. The van der Waals surface area contributed by atoms with E-state index < -0.39 is 0 Å². The van der Waals surface area contributed by atoms with E-state index in [4.69, 9.17) is 0 Å². The van der Waals surface area contributed by atoms with Crippen LogP contribution in [0.3, 0.4) is 0 Å². The largest absolute Gasteiger partial charge is 0.334 e. The van der Waals surface area contributed by atoms with E-state index in [0.29, 0.717) is 0 Å². The monoisotopic (exact) mass is 909 g/mol. The lowest BCUT2D eigenvalue weighted by Gasteiger charge is -2.50. The third-order valence-corrected chi connectivity index (χ3v) is 18.8. The SMILES string of the molecule is Cc1cc2c(cc1-c1ccc3c(-c4ccccc4)c4cc(-c5cc6c(cc5C)N(c5ccccc5)C5(C)CCCCC65C)ccc4c(-c4ccccc4)c3c1)C1(C)CCCCC1(C)N2c1ccccc1. The molecular formula is C68H64N2. The van der Waals surface area contributed by atoms with Gasteiger partial charge in [-0.3, -0.25) is 0 Å². The fraction of sp³-hybridized carbons (Fsp3) is 0.265. The molecule has 4 aliphatic rings. The van der Waals surface area contributed by atoms with Crippen LogP contribution < -0.4 is 9.80 Å². The van der Waals surface area contributed by atoms with Crippen molar-refractivity contribution < 1.29 is 0 Å². The van der Waals surface area contributed by atoms with Crippen LogP contribution in [0.25, 0.3) is 66.1 Å². The normalized spacial score (nSPS) is 23.6. The Morgan fingerprint density at radius 3 is 1.09 bits per heavy atom. The van der Waals surface area contributed by atoms with Crippen molar-refractivity contribution in [3.63, 3.8) is 0 Å². The Bertz CT molecular complexity index is 3290. The van der Waals surface area contributed by atoms with Crippen molar-refractivity contribution in [3.05, 3.63) is 204 Å². The molecule has 2 aliphatic carbocycles. The topological polar surface area (TPSA) is 6.48 Å². The Hall–Kier alpha value is -6.90. The number of aryl methyl sites for hydroxylation is 2. The predicted molar refractivity (Wildman–Crippen MR) is 298 cm³/mol. The first-order chi connectivity index (χ1) is 34.0. The van der Waals surface area contributed by atoms with E-state index in [1.807, 2.05) is 0 Å². The Morgan fingerprint density at radius 1 is 0.343 bits per heavy atom.